The maximum Gasteiger partial charge on any atom is 0.231 e. The molecule has 1 aromatic carbocycles. The highest BCUT2D eigenvalue weighted by Crippen LogP contribution is 2.49. The molecule has 0 bridgehead atoms. The van der Waals surface area contributed by atoms with Crippen LogP contribution in [0.5, 0.6) is 11.5 Å². The van der Waals surface area contributed by atoms with Crippen molar-refractivity contribution in [1.82, 2.24) is 10.6 Å². The first-order valence-electron chi connectivity index (χ1n) is 9.71. The molecule has 7 heteroatoms. The summed E-state index contributed by atoms with van der Waals surface area (Å²) in [7, 11) is 0. The van der Waals surface area contributed by atoms with Gasteiger partial charge in [0.1, 0.15) is 5.60 Å². The number of ether oxygens (including phenoxy) is 2. The molecule has 0 spiro atoms. The van der Waals surface area contributed by atoms with Crippen molar-refractivity contribution in [2.75, 3.05) is 26.4 Å². The Kier molecular flexibility index (Phi) is 5.21. The summed E-state index contributed by atoms with van der Waals surface area (Å²) in [5.41, 5.74) is 0.407. The Labute approximate surface area is 169 Å². The minimum atomic E-state index is -0.967. The fourth-order valence-corrected chi connectivity index (χ4v) is 4.21. The second-order valence-electron chi connectivity index (χ2n) is 7.65. The fraction of sp³-hybridized carbons (Fsp3) is 0.476. The first-order chi connectivity index (χ1) is 13.5. The number of nitrogens with zero attached hydrogens (tertiary/aromatic N) is 1. The molecule has 0 saturated heterocycles. The quantitative estimate of drug-likeness (QED) is 0.491. The second kappa shape index (κ2) is 7.64. The van der Waals surface area contributed by atoms with Crippen LogP contribution in [0.1, 0.15) is 37.1 Å². The van der Waals surface area contributed by atoms with Crippen LogP contribution in [0.2, 0.25) is 0 Å². The van der Waals surface area contributed by atoms with Gasteiger partial charge in [0, 0.05) is 23.4 Å². The molecule has 150 valence electrons. The molecule has 1 fully saturated rings. The summed E-state index contributed by atoms with van der Waals surface area (Å²) in [6.07, 6.45) is 2.26. The van der Waals surface area contributed by atoms with Gasteiger partial charge in [-0.2, -0.15) is 0 Å². The molecule has 4 rings (SSSR count). The van der Waals surface area contributed by atoms with Crippen molar-refractivity contribution in [3.8, 4) is 11.5 Å². The molecule has 0 amide bonds. The zero-order chi connectivity index (χ0) is 19.6. The molecular formula is C21H27N3O3S. The van der Waals surface area contributed by atoms with E-state index in [0.717, 1.165) is 48.3 Å². The van der Waals surface area contributed by atoms with Crippen LogP contribution in [0.25, 0.3) is 0 Å². The zero-order valence-corrected chi connectivity index (χ0v) is 17.1. The number of hydrogen-bond donors (Lipinski definition) is 3. The lowest BCUT2D eigenvalue weighted by atomic mass is 9.95. The van der Waals surface area contributed by atoms with Crippen LogP contribution in [-0.2, 0) is 11.0 Å². The average Bonchev–Trinajstić information content (AvgIpc) is 3.11. The maximum absolute atomic E-state index is 10.7. The van der Waals surface area contributed by atoms with Gasteiger partial charge in [0.25, 0.3) is 0 Å². The first-order valence-corrected chi connectivity index (χ1v) is 10.6. The van der Waals surface area contributed by atoms with E-state index in [2.05, 4.69) is 27.8 Å². The Morgan fingerprint density at radius 3 is 2.79 bits per heavy atom. The van der Waals surface area contributed by atoms with Gasteiger partial charge in [0.15, 0.2) is 17.5 Å². The summed E-state index contributed by atoms with van der Waals surface area (Å²) in [6.45, 7) is 6.01. The average molecular weight is 402 g/mol. The SMILES string of the molecule is CCNC(=NCC(C)(O)c1cccs1)NCC1(c2ccc3c(c2)OCO3)CC1. The van der Waals surface area contributed by atoms with E-state index >= 15 is 0 Å². The number of guanidine groups is 1. The Morgan fingerprint density at radius 2 is 2.07 bits per heavy atom. The Morgan fingerprint density at radius 1 is 1.25 bits per heavy atom. The first kappa shape index (κ1) is 19.1. The van der Waals surface area contributed by atoms with Crippen LogP contribution < -0.4 is 20.1 Å². The summed E-state index contributed by atoms with van der Waals surface area (Å²) in [6, 6.07) is 10.1. The molecule has 1 aliphatic carbocycles. The van der Waals surface area contributed by atoms with E-state index in [4.69, 9.17) is 9.47 Å². The summed E-state index contributed by atoms with van der Waals surface area (Å²) in [5, 5.41) is 19.4. The van der Waals surface area contributed by atoms with E-state index in [1.165, 1.54) is 5.56 Å². The molecule has 1 saturated carbocycles. The van der Waals surface area contributed by atoms with Crippen molar-refractivity contribution >= 4 is 17.3 Å². The van der Waals surface area contributed by atoms with Crippen LogP contribution in [0.15, 0.2) is 40.7 Å². The Bertz CT molecular complexity index is 845. The van der Waals surface area contributed by atoms with Crippen molar-refractivity contribution in [2.45, 2.75) is 37.7 Å². The zero-order valence-electron chi connectivity index (χ0n) is 16.3. The van der Waals surface area contributed by atoms with Gasteiger partial charge in [-0.05, 0) is 55.8 Å². The van der Waals surface area contributed by atoms with Gasteiger partial charge in [-0.3, -0.25) is 0 Å². The van der Waals surface area contributed by atoms with Gasteiger partial charge in [0.05, 0.1) is 6.54 Å². The number of benzene rings is 1. The largest absolute Gasteiger partial charge is 0.454 e. The van der Waals surface area contributed by atoms with E-state index < -0.39 is 5.60 Å². The number of hydrogen-bond acceptors (Lipinski definition) is 5. The summed E-state index contributed by atoms with van der Waals surface area (Å²) in [4.78, 5) is 5.55. The third-order valence-corrected chi connectivity index (χ3v) is 6.50. The van der Waals surface area contributed by atoms with Gasteiger partial charge in [-0.15, -0.1) is 11.3 Å². The highest BCUT2D eigenvalue weighted by atomic mass is 32.1. The minimum Gasteiger partial charge on any atom is -0.454 e. The monoisotopic (exact) mass is 401 g/mol. The lowest BCUT2D eigenvalue weighted by molar-refractivity contribution is 0.0711. The molecule has 2 aliphatic rings. The van der Waals surface area contributed by atoms with Crippen LogP contribution in [0.3, 0.4) is 0 Å². The van der Waals surface area contributed by atoms with Gasteiger partial charge >= 0.3 is 0 Å². The van der Waals surface area contributed by atoms with Crippen molar-refractivity contribution in [3.63, 3.8) is 0 Å². The minimum absolute atomic E-state index is 0.105. The van der Waals surface area contributed by atoms with Crippen molar-refractivity contribution in [1.29, 1.82) is 0 Å². The van der Waals surface area contributed by atoms with E-state index in [-0.39, 0.29) is 5.41 Å². The van der Waals surface area contributed by atoms with Crippen LogP contribution in [-0.4, -0.2) is 37.5 Å². The number of aliphatic imine (C=N–C) groups is 1. The van der Waals surface area contributed by atoms with E-state index in [9.17, 15) is 5.11 Å². The standard InChI is InChI=1S/C21H27N3O3S/c1-3-22-19(23-12-20(2,25)18-5-4-10-28-18)24-13-21(8-9-21)15-6-7-16-17(11-15)27-14-26-16/h4-7,10-11,25H,3,8-9,12-14H2,1-2H3,(H2,22,23,24). The third kappa shape index (κ3) is 3.95. The molecule has 28 heavy (non-hydrogen) atoms. The summed E-state index contributed by atoms with van der Waals surface area (Å²) >= 11 is 1.55. The molecule has 6 nitrogen and oxygen atoms in total. The number of rotatable bonds is 7. The second-order valence-corrected chi connectivity index (χ2v) is 8.60. The normalized spacial score (nSPS) is 19.2. The van der Waals surface area contributed by atoms with Crippen LogP contribution in [0.4, 0.5) is 0 Å². The lowest BCUT2D eigenvalue weighted by Crippen LogP contribution is -2.42. The highest BCUT2D eigenvalue weighted by Gasteiger charge is 2.44. The molecular weight excluding hydrogens is 374 g/mol. The lowest BCUT2D eigenvalue weighted by Gasteiger charge is -2.22. The van der Waals surface area contributed by atoms with E-state index in [1.807, 2.05) is 30.5 Å². The van der Waals surface area contributed by atoms with Crippen LogP contribution >= 0.6 is 11.3 Å². The van der Waals surface area contributed by atoms with Gasteiger partial charge in [-0.25, -0.2) is 4.99 Å². The summed E-state index contributed by atoms with van der Waals surface area (Å²) in [5.74, 6) is 2.38. The van der Waals surface area contributed by atoms with Crippen LogP contribution in [0, 0.1) is 0 Å². The van der Waals surface area contributed by atoms with Crippen molar-refractivity contribution < 1.29 is 14.6 Å². The number of aliphatic hydroxyl groups is 1. The van der Waals surface area contributed by atoms with Gasteiger partial charge in [-0.1, -0.05) is 12.1 Å². The fourth-order valence-electron chi connectivity index (χ4n) is 3.44. The maximum atomic E-state index is 10.7. The number of thiophene rings is 1. The molecule has 2 heterocycles. The molecule has 1 aliphatic heterocycles. The van der Waals surface area contributed by atoms with E-state index in [1.54, 1.807) is 18.3 Å². The predicted octanol–water partition coefficient (Wildman–Crippen LogP) is 2.97. The predicted molar refractivity (Wildman–Crippen MR) is 111 cm³/mol. The molecule has 1 unspecified atom stereocenters. The summed E-state index contributed by atoms with van der Waals surface area (Å²) < 4.78 is 11.0. The van der Waals surface area contributed by atoms with Crippen molar-refractivity contribution in [2.24, 2.45) is 4.99 Å². The smallest absolute Gasteiger partial charge is 0.231 e. The third-order valence-electron chi connectivity index (χ3n) is 5.37. The van der Waals surface area contributed by atoms with E-state index in [0.29, 0.717) is 13.3 Å². The van der Waals surface area contributed by atoms with Gasteiger partial charge < -0.3 is 25.2 Å². The van der Waals surface area contributed by atoms with Gasteiger partial charge in [0.2, 0.25) is 6.79 Å². The number of nitrogens with one attached hydrogen (secondary N) is 2. The topological polar surface area (TPSA) is 75.1 Å². The molecule has 1 atom stereocenters. The highest BCUT2D eigenvalue weighted by molar-refractivity contribution is 7.10. The molecule has 2 aromatic rings. The molecule has 1 aromatic heterocycles. The molecule has 0 radical (unpaired) electrons. The molecule has 3 N–H and O–H groups in total. The Hall–Kier alpha value is -2.25. The van der Waals surface area contributed by atoms with Crippen molar-refractivity contribution in [3.05, 3.63) is 46.2 Å². The Balaban J connectivity index is 1.42. The number of fused-ring (bicyclic) bond motifs is 1.